The minimum Gasteiger partial charge on any atom is -0.307 e. The number of aldehydes is 1. The van der Waals surface area contributed by atoms with Crippen LogP contribution >= 0.6 is 0 Å². The Morgan fingerprint density at radius 3 is 2.22 bits per heavy atom. The Kier molecular flexibility index (Phi) is 3.45. The molecule has 0 bridgehead atoms. The van der Waals surface area contributed by atoms with Gasteiger partial charge in [-0.2, -0.15) is 0 Å². The Labute approximate surface area is 135 Å². The van der Waals surface area contributed by atoms with Crippen molar-refractivity contribution in [1.82, 2.24) is 10.6 Å². The van der Waals surface area contributed by atoms with Crippen molar-refractivity contribution in [2.75, 3.05) is 0 Å². The number of carbonyl (C=O) groups excluding carboxylic acids is 3. The summed E-state index contributed by atoms with van der Waals surface area (Å²) in [5.74, 6) is -0.720. The Balaban J connectivity index is 2.18. The average Bonchev–Trinajstić information content (AvgIpc) is 2.69. The molecule has 5 nitrogen and oxygen atoms in total. The normalized spacial score (nSPS) is 22.6. The molecule has 2 heterocycles. The minimum absolute atomic E-state index is 0.0491. The molecule has 0 aromatic heterocycles. The zero-order valence-electron chi connectivity index (χ0n) is 13.9. The van der Waals surface area contributed by atoms with Gasteiger partial charge in [0.1, 0.15) is 6.29 Å². The second-order valence-electron chi connectivity index (χ2n) is 7.89. The molecule has 1 saturated heterocycles. The monoisotopic (exact) mass is 314 g/mol. The number of nitrogens with one attached hydrogen (secondary N) is 2. The third kappa shape index (κ3) is 2.70. The fraction of sp³-hybridized carbons (Fsp3) is 0.500. The minimum atomic E-state index is -0.391. The highest BCUT2D eigenvalue weighted by Gasteiger charge is 2.42. The molecule has 0 radical (unpaired) electrons. The van der Waals surface area contributed by atoms with Crippen molar-refractivity contribution in [3.8, 4) is 0 Å². The summed E-state index contributed by atoms with van der Waals surface area (Å²) in [5.41, 5.74) is 1.77. The van der Waals surface area contributed by atoms with E-state index >= 15 is 0 Å². The van der Waals surface area contributed by atoms with E-state index in [4.69, 9.17) is 0 Å². The number of rotatable bonds is 2. The van der Waals surface area contributed by atoms with Crippen LogP contribution in [-0.2, 0) is 0 Å². The molecule has 2 N–H and O–H groups in total. The SMILES string of the molecule is CC1(C)CC(c2c(C=O)ccc3c2C(=O)NC3=O)CC(C)(C)N1. The smallest absolute Gasteiger partial charge is 0.259 e. The summed E-state index contributed by atoms with van der Waals surface area (Å²) >= 11 is 0. The fourth-order valence-corrected chi connectivity index (χ4v) is 4.37. The second-order valence-corrected chi connectivity index (χ2v) is 7.89. The summed E-state index contributed by atoms with van der Waals surface area (Å²) < 4.78 is 0. The third-order valence-corrected chi connectivity index (χ3v) is 4.70. The number of fused-ring (bicyclic) bond motifs is 1. The molecule has 1 aromatic rings. The van der Waals surface area contributed by atoms with Crippen molar-refractivity contribution in [1.29, 1.82) is 0 Å². The maximum absolute atomic E-state index is 12.3. The number of piperidine rings is 1. The molecule has 2 amide bonds. The molecule has 122 valence electrons. The fourth-order valence-electron chi connectivity index (χ4n) is 4.37. The van der Waals surface area contributed by atoms with Gasteiger partial charge in [-0.3, -0.25) is 19.7 Å². The molecule has 0 spiro atoms. The van der Waals surface area contributed by atoms with Crippen molar-refractivity contribution in [3.63, 3.8) is 0 Å². The molecule has 0 atom stereocenters. The lowest BCUT2D eigenvalue weighted by atomic mass is 9.71. The highest BCUT2D eigenvalue weighted by molar-refractivity contribution is 6.22. The van der Waals surface area contributed by atoms with Crippen LogP contribution in [0.25, 0.3) is 0 Å². The predicted octanol–water partition coefficient (Wildman–Crippen LogP) is 2.41. The van der Waals surface area contributed by atoms with Crippen LogP contribution in [0.4, 0.5) is 0 Å². The summed E-state index contributed by atoms with van der Waals surface area (Å²) in [4.78, 5) is 35.7. The zero-order valence-corrected chi connectivity index (χ0v) is 13.9. The Bertz CT molecular complexity index is 703. The van der Waals surface area contributed by atoms with Crippen LogP contribution in [0.1, 0.15) is 83.1 Å². The Morgan fingerprint density at radius 1 is 1.04 bits per heavy atom. The maximum Gasteiger partial charge on any atom is 0.259 e. The van der Waals surface area contributed by atoms with E-state index in [1.807, 2.05) is 0 Å². The van der Waals surface area contributed by atoms with E-state index in [0.717, 1.165) is 24.7 Å². The molecule has 2 aliphatic rings. The number of hydrogen-bond donors (Lipinski definition) is 2. The van der Waals surface area contributed by atoms with Crippen molar-refractivity contribution < 1.29 is 14.4 Å². The van der Waals surface area contributed by atoms with Crippen LogP contribution < -0.4 is 10.6 Å². The van der Waals surface area contributed by atoms with Crippen molar-refractivity contribution in [2.24, 2.45) is 0 Å². The number of amides is 2. The Hall–Kier alpha value is -2.01. The van der Waals surface area contributed by atoms with E-state index in [0.29, 0.717) is 16.7 Å². The molecule has 5 heteroatoms. The summed E-state index contributed by atoms with van der Waals surface area (Å²) in [6.07, 6.45) is 2.39. The van der Waals surface area contributed by atoms with Gasteiger partial charge in [0.2, 0.25) is 0 Å². The molecule has 23 heavy (non-hydrogen) atoms. The van der Waals surface area contributed by atoms with E-state index in [1.54, 1.807) is 12.1 Å². The third-order valence-electron chi connectivity index (χ3n) is 4.70. The van der Waals surface area contributed by atoms with Gasteiger partial charge in [-0.15, -0.1) is 0 Å². The lowest BCUT2D eigenvalue weighted by molar-refractivity contribution is 0.0878. The lowest BCUT2D eigenvalue weighted by Crippen LogP contribution is -2.57. The molecular formula is C18H22N2O3. The second kappa shape index (κ2) is 4.99. The average molecular weight is 314 g/mol. The van der Waals surface area contributed by atoms with Crippen LogP contribution in [0, 0.1) is 0 Å². The van der Waals surface area contributed by atoms with E-state index in [-0.39, 0.29) is 22.9 Å². The van der Waals surface area contributed by atoms with Crippen LogP contribution in [0.2, 0.25) is 0 Å². The summed E-state index contributed by atoms with van der Waals surface area (Å²) in [7, 11) is 0. The van der Waals surface area contributed by atoms with Gasteiger partial charge in [0, 0.05) is 16.6 Å². The summed E-state index contributed by atoms with van der Waals surface area (Å²) in [6, 6.07) is 3.22. The molecule has 2 aliphatic heterocycles. The van der Waals surface area contributed by atoms with Gasteiger partial charge in [0.05, 0.1) is 11.1 Å². The summed E-state index contributed by atoms with van der Waals surface area (Å²) in [6.45, 7) is 8.48. The topological polar surface area (TPSA) is 75.3 Å². The lowest BCUT2D eigenvalue weighted by Gasteiger charge is -2.47. The van der Waals surface area contributed by atoms with E-state index in [1.165, 1.54) is 0 Å². The first kappa shape index (κ1) is 15.9. The van der Waals surface area contributed by atoms with Crippen LogP contribution in [0.15, 0.2) is 12.1 Å². The number of imide groups is 1. The van der Waals surface area contributed by atoms with E-state index in [9.17, 15) is 14.4 Å². The largest absolute Gasteiger partial charge is 0.307 e. The molecule has 1 fully saturated rings. The van der Waals surface area contributed by atoms with Gasteiger partial charge in [-0.25, -0.2) is 0 Å². The van der Waals surface area contributed by atoms with E-state index in [2.05, 4.69) is 38.3 Å². The quantitative estimate of drug-likeness (QED) is 0.649. The molecule has 1 aromatic carbocycles. The van der Waals surface area contributed by atoms with Gasteiger partial charge in [0.25, 0.3) is 11.8 Å². The van der Waals surface area contributed by atoms with Crippen LogP contribution in [0.3, 0.4) is 0 Å². The van der Waals surface area contributed by atoms with Gasteiger partial charge >= 0.3 is 0 Å². The van der Waals surface area contributed by atoms with E-state index < -0.39 is 5.91 Å². The predicted molar refractivity (Wildman–Crippen MR) is 86.9 cm³/mol. The molecule has 0 unspecified atom stereocenters. The highest BCUT2D eigenvalue weighted by Crippen LogP contribution is 2.42. The first-order chi connectivity index (χ1) is 10.6. The molecular weight excluding hydrogens is 292 g/mol. The van der Waals surface area contributed by atoms with Crippen molar-refractivity contribution >= 4 is 18.1 Å². The first-order valence-corrected chi connectivity index (χ1v) is 7.91. The molecule has 0 saturated carbocycles. The van der Waals surface area contributed by atoms with Crippen molar-refractivity contribution in [2.45, 2.75) is 57.5 Å². The maximum atomic E-state index is 12.3. The number of hydrogen-bond acceptors (Lipinski definition) is 4. The number of carbonyl (C=O) groups is 3. The first-order valence-electron chi connectivity index (χ1n) is 7.91. The van der Waals surface area contributed by atoms with Crippen LogP contribution in [0.5, 0.6) is 0 Å². The molecule has 3 rings (SSSR count). The van der Waals surface area contributed by atoms with Crippen molar-refractivity contribution in [3.05, 3.63) is 34.4 Å². The van der Waals surface area contributed by atoms with Gasteiger partial charge in [0.15, 0.2) is 0 Å². The van der Waals surface area contributed by atoms with Gasteiger partial charge in [-0.1, -0.05) is 6.07 Å². The highest BCUT2D eigenvalue weighted by atomic mass is 16.2. The Morgan fingerprint density at radius 2 is 1.65 bits per heavy atom. The standard InChI is InChI=1S/C18H22N2O3/c1-17(2)7-11(8-18(3,4)20-17)13-10(9-21)5-6-12-14(13)16(23)19-15(12)22/h5-6,9,11,20H,7-8H2,1-4H3,(H,19,22,23). The zero-order chi connectivity index (χ0) is 17.0. The van der Waals surface area contributed by atoms with Gasteiger partial charge in [-0.05, 0) is 58.1 Å². The molecule has 0 aliphatic carbocycles. The van der Waals surface area contributed by atoms with Gasteiger partial charge < -0.3 is 5.32 Å². The number of benzene rings is 1. The van der Waals surface area contributed by atoms with Crippen LogP contribution in [-0.4, -0.2) is 29.2 Å². The summed E-state index contributed by atoms with van der Waals surface area (Å²) in [5, 5.41) is 5.95.